The zero-order chi connectivity index (χ0) is 12.4. The number of hydrogen-bond acceptors (Lipinski definition) is 4. The highest BCUT2D eigenvalue weighted by Gasteiger charge is 2.29. The molecule has 1 aromatic heterocycles. The molecule has 0 saturated carbocycles. The van der Waals surface area contributed by atoms with Crippen LogP contribution in [0.15, 0.2) is 18.3 Å². The van der Waals surface area contributed by atoms with Crippen LogP contribution in [0.3, 0.4) is 0 Å². The van der Waals surface area contributed by atoms with E-state index in [-0.39, 0.29) is 6.10 Å². The fraction of sp³-hybridized carbons (Fsp3) is 0.500. The van der Waals surface area contributed by atoms with Crippen molar-refractivity contribution in [2.45, 2.75) is 25.5 Å². The lowest BCUT2D eigenvalue weighted by Gasteiger charge is -2.29. The Morgan fingerprint density at radius 3 is 3.00 bits per heavy atom. The zero-order valence-electron chi connectivity index (χ0n) is 10.1. The lowest BCUT2D eigenvalue weighted by molar-refractivity contribution is 0.118. The molecule has 2 N–H and O–H groups in total. The number of thiocarbonyl (C=S) groups is 1. The number of nitrogens with two attached hydrogens (primary N) is 1. The van der Waals surface area contributed by atoms with E-state index < -0.39 is 0 Å². The summed E-state index contributed by atoms with van der Waals surface area (Å²) in [5.41, 5.74) is 7.36. The second kappa shape index (κ2) is 4.98. The highest BCUT2D eigenvalue weighted by molar-refractivity contribution is 7.80. The molecular formula is C12H17N3OS. The number of aromatic nitrogens is 1. The second-order valence-corrected chi connectivity index (χ2v) is 4.72. The van der Waals surface area contributed by atoms with Crippen molar-refractivity contribution in [3.8, 4) is 0 Å². The van der Waals surface area contributed by atoms with Gasteiger partial charge in [0.15, 0.2) is 0 Å². The largest absolute Gasteiger partial charge is 0.388 e. The highest BCUT2D eigenvalue weighted by atomic mass is 32.1. The number of hydrogen-bond donors (Lipinski definition) is 1. The van der Waals surface area contributed by atoms with E-state index in [0.717, 1.165) is 18.7 Å². The van der Waals surface area contributed by atoms with Gasteiger partial charge in [0.1, 0.15) is 10.7 Å². The van der Waals surface area contributed by atoms with Crippen molar-refractivity contribution in [3.63, 3.8) is 0 Å². The van der Waals surface area contributed by atoms with Gasteiger partial charge < -0.3 is 15.4 Å². The molecule has 1 aliphatic rings. The third-order valence-electron chi connectivity index (χ3n) is 3.23. The van der Waals surface area contributed by atoms with Gasteiger partial charge in [0.05, 0.1) is 17.8 Å². The normalized spacial score (nSPS) is 23.6. The molecule has 2 rings (SSSR count). The van der Waals surface area contributed by atoms with Gasteiger partial charge in [-0.3, -0.25) is 4.98 Å². The van der Waals surface area contributed by atoms with Crippen molar-refractivity contribution in [1.29, 1.82) is 0 Å². The highest BCUT2D eigenvalue weighted by Crippen LogP contribution is 2.25. The van der Waals surface area contributed by atoms with E-state index in [1.54, 1.807) is 6.20 Å². The molecule has 1 aromatic rings. The van der Waals surface area contributed by atoms with Gasteiger partial charge in [0, 0.05) is 19.9 Å². The Morgan fingerprint density at radius 1 is 1.65 bits per heavy atom. The Bertz CT molecular complexity index is 424. The van der Waals surface area contributed by atoms with Crippen LogP contribution < -0.4 is 10.6 Å². The third kappa shape index (κ3) is 2.40. The number of pyridine rings is 1. The van der Waals surface area contributed by atoms with E-state index in [0.29, 0.717) is 16.7 Å². The van der Waals surface area contributed by atoms with Crippen molar-refractivity contribution >= 4 is 22.9 Å². The van der Waals surface area contributed by atoms with Crippen LogP contribution in [0, 0.1) is 0 Å². The van der Waals surface area contributed by atoms with Crippen molar-refractivity contribution in [1.82, 2.24) is 4.98 Å². The van der Waals surface area contributed by atoms with Gasteiger partial charge in [0.25, 0.3) is 0 Å². The number of rotatable bonds is 3. The fourth-order valence-corrected chi connectivity index (χ4v) is 2.44. The van der Waals surface area contributed by atoms with Crippen LogP contribution in [-0.2, 0) is 4.74 Å². The number of ether oxygens (including phenoxy) is 1. The van der Waals surface area contributed by atoms with E-state index in [1.807, 2.05) is 19.2 Å². The molecule has 5 heteroatoms. The van der Waals surface area contributed by atoms with Crippen LogP contribution >= 0.6 is 12.2 Å². The maximum absolute atomic E-state index is 5.70. The van der Waals surface area contributed by atoms with Gasteiger partial charge in [-0.1, -0.05) is 12.2 Å². The minimum absolute atomic E-state index is 0.222. The second-order valence-electron chi connectivity index (χ2n) is 4.28. The molecule has 1 saturated heterocycles. The van der Waals surface area contributed by atoms with Gasteiger partial charge >= 0.3 is 0 Å². The molecule has 4 nitrogen and oxygen atoms in total. The molecule has 0 spiro atoms. The van der Waals surface area contributed by atoms with Gasteiger partial charge in [-0.15, -0.1) is 0 Å². The van der Waals surface area contributed by atoms with Crippen molar-refractivity contribution < 1.29 is 4.74 Å². The quantitative estimate of drug-likeness (QED) is 0.821. The van der Waals surface area contributed by atoms with Crippen LogP contribution in [0.2, 0.25) is 0 Å². The first-order chi connectivity index (χ1) is 8.11. The molecule has 0 aromatic carbocycles. The first-order valence-electron chi connectivity index (χ1n) is 5.70. The monoisotopic (exact) mass is 251 g/mol. The zero-order valence-corrected chi connectivity index (χ0v) is 10.9. The molecule has 0 radical (unpaired) electrons. The molecule has 92 valence electrons. The minimum atomic E-state index is 0.222. The average molecular weight is 251 g/mol. The molecule has 1 fully saturated rings. The molecule has 0 bridgehead atoms. The van der Waals surface area contributed by atoms with E-state index in [4.69, 9.17) is 22.7 Å². The Kier molecular flexibility index (Phi) is 3.59. The van der Waals surface area contributed by atoms with Crippen molar-refractivity contribution in [2.75, 3.05) is 18.6 Å². The third-order valence-corrected chi connectivity index (χ3v) is 3.43. The van der Waals surface area contributed by atoms with Gasteiger partial charge in [-0.25, -0.2) is 0 Å². The van der Waals surface area contributed by atoms with E-state index in [2.05, 4.69) is 16.8 Å². The summed E-state index contributed by atoms with van der Waals surface area (Å²) in [6.45, 7) is 2.89. The summed E-state index contributed by atoms with van der Waals surface area (Å²) in [5, 5.41) is 0. The minimum Gasteiger partial charge on any atom is -0.388 e. The Labute approximate surface area is 107 Å². The molecule has 2 unspecified atom stereocenters. The van der Waals surface area contributed by atoms with Crippen LogP contribution in [0.1, 0.15) is 19.0 Å². The van der Waals surface area contributed by atoms with Crippen LogP contribution in [0.25, 0.3) is 0 Å². The van der Waals surface area contributed by atoms with E-state index in [1.165, 1.54) is 0 Å². The summed E-state index contributed by atoms with van der Waals surface area (Å²) in [6.07, 6.45) is 2.95. The standard InChI is InChI=1S/C12H17N3OS/c1-8-9(5-7-16-8)15(2)10-4-3-6-14-11(10)12(13)17/h3-4,6,8-9H,5,7H2,1-2H3,(H2,13,17). The van der Waals surface area contributed by atoms with Gasteiger partial charge in [0.2, 0.25) is 0 Å². The molecule has 2 heterocycles. The van der Waals surface area contributed by atoms with Gasteiger partial charge in [-0.05, 0) is 25.5 Å². The molecule has 0 amide bonds. The fourth-order valence-electron chi connectivity index (χ4n) is 2.28. The smallest absolute Gasteiger partial charge is 0.124 e. The lowest BCUT2D eigenvalue weighted by atomic mass is 10.1. The molecule has 1 aliphatic heterocycles. The molecular weight excluding hydrogens is 234 g/mol. The summed E-state index contributed by atoms with van der Waals surface area (Å²) < 4.78 is 5.58. The SMILES string of the molecule is CC1OCCC1N(C)c1cccnc1C(N)=S. The molecule has 0 aliphatic carbocycles. The predicted molar refractivity (Wildman–Crippen MR) is 72.3 cm³/mol. The van der Waals surface area contributed by atoms with Crippen LogP contribution in [0.5, 0.6) is 0 Å². The number of nitrogens with zero attached hydrogens (tertiary/aromatic N) is 2. The predicted octanol–water partition coefficient (Wildman–Crippen LogP) is 1.33. The molecule has 2 atom stereocenters. The average Bonchev–Trinajstić information content (AvgIpc) is 2.74. The maximum Gasteiger partial charge on any atom is 0.124 e. The van der Waals surface area contributed by atoms with E-state index >= 15 is 0 Å². The van der Waals surface area contributed by atoms with Crippen LogP contribution in [-0.4, -0.2) is 35.8 Å². The summed E-state index contributed by atoms with van der Waals surface area (Å²) >= 11 is 5.03. The summed E-state index contributed by atoms with van der Waals surface area (Å²) in [6, 6.07) is 4.24. The van der Waals surface area contributed by atoms with Crippen LogP contribution in [0.4, 0.5) is 5.69 Å². The first-order valence-corrected chi connectivity index (χ1v) is 6.11. The van der Waals surface area contributed by atoms with E-state index in [9.17, 15) is 0 Å². The van der Waals surface area contributed by atoms with Gasteiger partial charge in [-0.2, -0.15) is 0 Å². The molecule has 17 heavy (non-hydrogen) atoms. The Balaban J connectivity index is 2.30. The van der Waals surface area contributed by atoms with Crippen molar-refractivity contribution in [3.05, 3.63) is 24.0 Å². The lowest BCUT2D eigenvalue weighted by Crippen LogP contribution is -2.38. The summed E-state index contributed by atoms with van der Waals surface area (Å²) in [5.74, 6) is 0. The Hall–Kier alpha value is -1.20. The Morgan fingerprint density at radius 2 is 2.41 bits per heavy atom. The first kappa shape index (κ1) is 12.3. The summed E-state index contributed by atoms with van der Waals surface area (Å²) in [4.78, 5) is 6.75. The summed E-state index contributed by atoms with van der Waals surface area (Å²) in [7, 11) is 2.04. The number of likely N-dealkylation sites (N-methyl/N-ethyl adjacent to an activating group) is 1. The number of anilines is 1. The van der Waals surface area contributed by atoms with Crippen molar-refractivity contribution in [2.24, 2.45) is 5.73 Å². The maximum atomic E-state index is 5.70. The topological polar surface area (TPSA) is 51.4 Å².